The molecule has 2 aromatic rings. The normalized spacial score (nSPS) is 11.4. The SMILES string of the molecule is Cc1ccc(C)c(NS(=O)(=O)c2ccc(C(=O)NCC(C)C)cc2)c1. The molecule has 0 saturated heterocycles. The maximum atomic E-state index is 12.5. The van der Waals surface area contributed by atoms with E-state index in [2.05, 4.69) is 10.0 Å². The van der Waals surface area contributed by atoms with Gasteiger partial charge in [-0.15, -0.1) is 0 Å². The molecule has 25 heavy (non-hydrogen) atoms. The van der Waals surface area contributed by atoms with E-state index in [4.69, 9.17) is 0 Å². The molecular formula is C19H24N2O3S. The molecule has 6 heteroatoms. The number of nitrogens with one attached hydrogen (secondary N) is 2. The fraction of sp³-hybridized carbons (Fsp3) is 0.316. The zero-order valence-corrected chi connectivity index (χ0v) is 15.8. The first-order chi connectivity index (χ1) is 11.7. The third-order valence-electron chi connectivity index (χ3n) is 3.74. The van der Waals surface area contributed by atoms with Crippen molar-refractivity contribution in [2.24, 2.45) is 5.92 Å². The smallest absolute Gasteiger partial charge is 0.261 e. The number of hydrogen-bond acceptors (Lipinski definition) is 3. The lowest BCUT2D eigenvalue weighted by atomic mass is 10.1. The van der Waals surface area contributed by atoms with Gasteiger partial charge in [-0.2, -0.15) is 0 Å². The molecule has 1 amide bonds. The van der Waals surface area contributed by atoms with Crippen LogP contribution in [-0.2, 0) is 10.0 Å². The van der Waals surface area contributed by atoms with Crippen molar-refractivity contribution < 1.29 is 13.2 Å². The Morgan fingerprint density at radius 1 is 1.04 bits per heavy atom. The van der Waals surface area contributed by atoms with E-state index in [9.17, 15) is 13.2 Å². The second kappa shape index (κ2) is 7.70. The minimum absolute atomic E-state index is 0.119. The van der Waals surface area contributed by atoms with Crippen molar-refractivity contribution in [2.45, 2.75) is 32.6 Å². The van der Waals surface area contributed by atoms with Crippen molar-refractivity contribution in [3.63, 3.8) is 0 Å². The summed E-state index contributed by atoms with van der Waals surface area (Å²) in [6.07, 6.45) is 0. The lowest BCUT2D eigenvalue weighted by Crippen LogP contribution is -2.27. The molecule has 2 aromatic carbocycles. The zero-order chi connectivity index (χ0) is 18.6. The summed E-state index contributed by atoms with van der Waals surface area (Å²) >= 11 is 0. The fourth-order valence-corrected chi connectivity index (χ4v) is 3.36. The summed E-state index contributed by atoms with van der Waals surface area (Å²) in [6, 6.07) is 11.5. The third kappa shape index (κ3) is 5.06. The van der Waals surface area contributed by atoms with Crippen LogP contribution in [0, 0.1) is 19.8 Å². The first kappa shape index (κ1) is 19.0. The molecule has 0 bridgehead atoms. The Hall–Kier alpha value is -2.34. The Morgan fingerprint density at radius 3 is 2.28 bits per heavy atom. The quantitative estimate of drug-likeness (QED) is 0.828. The Bertz CT molecular complexity index is 857. The van der Waals surface area contributed by atoms with Crippen LogP contribution in [0.15, 0.2) is 47.4 Å². The van der Waals surface area contributed by atoms with E-state index in [1.165, 1.54) is 24.3 Å². The topological polar surface area (TPSA) is 75.3 Å². The van der Waals surface area contributed by atoms with Crippen molar-refractivity contribution in [1.29, 1.82) is 0 Å². The molecule has 2 rings (SSSR count). The largest absolute Gasteiger partial charge is 0.352 e. The molecule has 5 nitrogen and oxygen atoms in total. The lowest BCUT2D eigenvalue weighted by Gasteiger charge is -2.12. The molecule has 0 radical (unpaired) electrons. The summed E-state index contributed by atoms with van der Waals surface area (Å²) in [5, 5.41) is 2.81. The second-order valence-electron chi connectivity index (χ2n) is 6.55. The molecule has 0 fully saturated rings. The molecule has 0 atom stereocenters. The third-order valence-corrected chi connectivity index (χ3v) is 5.12. The molecule has 0 aliphatic rings. The van der Waals surface area contributed by atoms with Gasteiger partial charge in [0.1, 0.15) is 0 Å². The van der Waals surface area contributed by atoms with Gasteiger partial charge in [0, 0.05) is 12.1 Å². The average molecular weight is 360 g/mol. The van der Waals surface area contributed by atoms with E-state index < -0.39 is 10.0 Å². The molecule has 0 aliphatic carbocycles. The summed E-state index contributed by atoms with van der Waals surface area (Å²) in [7, 11) is -3.70. The van der Waals surface area contributed by atoms with E-state index in [0.29, 0.717) is 23.7 Å². The van der Waals surface area contributed by atoms with E-state index in [1.54, 1.807) is 6.07 Å². The number of hydrogen-bond donors (Lipinski definition) is 2. The highest BCUT2D eigenvalue weighted by Gasteiger charge is 2.16. The van der Waals surface area contributed by atoms with Crippen molar-refractivity contribution >= 4 is 21.6 Å². The number of sulfonamides is 1. The van der Waals surface area contributed by atoms with Crippen LogP contribution in [0.3, 0.4) is 0 Å². The van der Waals surface area contributed by atoms with Gasteiger partial charge in [0.25, 0.3) is 15.9 Å². The second-order valence-corrected chi connectivity index (χ2v) is 8.23. The molecule has 0 aromatic heterocycles. The highest BCUT2D eigenvalue weighted by atomic mass is 32.2. The van der Waals surface area contributed by atoms with Crippen LogP contribution in [0.5, 0.6) is 0 Å². The molecule has 0 unspecified atom stereocenters. The Morgan fingerprint density at radius 2 is 1.68 bits per heavy atom. The monoisotopic (exact) mass is 360 g/mol. The molecule has 0 heterocycles. The number of amides is 1. The van der Waals surface area contributed by atoms with Gasteiger partial charge in [0.15, 0.2) is 0 Å². The molecule has 0 aliphatic heterocycles. The summed E-state index contributed by atoms with van der Waals surface area (Å²) < 4.78 is 27.7. The molecule has 0 saturated carbocycles. The van der Waals surface area contributed by atoms with Gasteiger partial charge in [-0.05, 0) is 61.2 Å². The van der Waals surface area contributed by atoms with Gasteiger partial charge >= 0.3 is 0 Å². The van der Waals surface area contributed by atoms with Crippen LogP contribution in [0.25, 0.3) is 0 Å². The van der Waals surface area contributed by atoms with Crippen LogP contribution in [-0.4, -0.2) is 20.9 Å². The van der Waals surface area contributed by atoms with Crippen LogP contribution in [0.1, 0.15) is 35.3 Å². The Labute approximate surface area is 149 Å². The van der Waals surface area contributed by atoms with Gasteiger partial charge in [-0.1, -0.05) is 26.0 Å². The standard InChI is InChI=1S/C19H24N2O3S/c1-13(2)12-20-19(22)16-7-9-17(10-8-16)25(23,24)21-18-11-14(3)5-6-15(18)4/h5-11,13,21H,12H2,1-4H3,(H,20,22). The summed E-state index contributed by atoms with van der Waals surface area (Å²) in [6.45, 7) is 8.35. The van der Waals surface area contributed by atoms with Gasteiger partial charge in [-0.3, -0.25) is 9.52 Å². The van der Waals surface area contributed by atoms with E-state index in [0.717, 1.165) is 11.1 Å². The van der Waals surface area contributed by atoms with Crippen molar-refractivity contribution in [3.05, 3.63) is 59.2 Å². The van der Waals surface area contributed by atoms with Gasteiger partial charge in [0.05, 0.1) is 10.6 Å². The minimum atomic E-state index is -3.70. The van der Waals surface area contributed by atoms with E-state index >= 15 is 0 Å². The summed E-state index contributed by atoms with van der Waals surface area (Å²) in [5.41, 5.74) is 2.81. The number of carbonyl (C=O) groups is 1. The Balaban J connectivity index is 2.17. The van der Waals surface area contributed by atoms with Gasteiger partial charge in [0.2, 0.25) is 0 Å². The molecular weight excluding hydrogens is 336 g/mol. The highest BCUT2D eigenvalue weighted by Crippen LogP contribution is 2.21. The maximum Gasteiger partial charge on any atom is 0.261 e. The summed E-state index contributed by atoms with van der Waals surface area (Å²) in [4.78, 5) is 12.1. The predicted molar refractivity (Wildman–Crippen MR) is 100 cm³/mol. The van der Waals surface area contributed by atoms with Gasteiger partial charge < -0.3 is 5.32 Å². The lowest BCUT2D eigenvalue weighted by molar-refractivity contribution is 0.0949. The molecule has 0 spiro atoms. The number of anilines is 1. The molecule has 134 valence electrons. The number of carbonyl (C=O) groups excluding carboxylic acids is 1. The predicted octanol–water partition coefficient (Wildman–Crippen LogP) is 3.49. The van der Waals surface area contributed by atoms with Crippen molar-refractivity contribution in [2.75, 3.05) is 11.3 Å². The number of benzene rings is 2. The fourth-order valence-electron chi connectivity index (χ4n) is 2.23. The van der Waals surface area contributed by atoms with Crippen LogP contribution in [0.4, 0.5) is 5.69 Å². The van der Waals surface area contributed by atoms with E-state index in [-0.39, 0.29) is 10.8 Å². The Kier molecular flexibility index (Phi) is 5.85. The number of aryl methyl sites for hydroxylation is 2. The average Bonchev–Trinajstić information content (AvgIpc) is 2.56. The molecule has 2 N–H and O–H groups in total. The van der Waals surface area contributed by atoms with Gasteiger partial charge in [-0.25, -0.2) is 8.42 Å². The number of rotatable bonds is 6. The van der Waals surface area contributed by atoms with Crippen LogP contribution in [0.2, 0.25) is 0 Å². The first-order valence-electron chi connectivity index (χ1n) is 8.17. The minimum Gasteiger partial charge on any atom is -0.352 e. The van der Waals surface area contributed by atoms with Crippen LogP contribution < -0.4 is 10.0 Å². The van der Waals surface area contributed by atoms with Crippen molar-refractivity contribution in [3.8, 4) is 0 Å². The van der Waals surface area contributed by atoms with Crippen LogP contribution >= 0.6 is 0 Å². The zero-order valence-electron chi connectivity index (χ0n) is 15.0. The van der Waals surface area contributed by atoms with Crippen molar-refractivity contribution in [1.82, 2.24) is 5.32 Å². The highest BCUT2D eigenvalue weighted by molar-refractivity contribution is 7.92. The maximum absolute atomic E-state index is 12.5. The summed E-state index contributed by atoms with van der Waals surface area (Å²) in [5.74, 6) is 0.144. The first-order valence-corrected chi connectivity index (χ1v) is 9.65. The van der Waals surface area contributed by atoms with E-state index in [1.807, 2.05) is 39.8 Å².